The van der Waals surface area contributed by atoms with Gasteiger partial charge in [0.05, 0.1) is 22.9 Å². The third-order valence-corrected chi connectivity index (χ3v) is 5.87. The van der Waals surface area contributed by atoms with E-state index in [1.165, 1.54) is 0 Å². The number of likely N-dealkylation sites (tertiary alicyclic amines) is 1. The maximum absolute atomic E-state index is 12.5. The maximum Gasteiger partial charge on any atom is 0.223 e. The number of rotatable bonds is 4. The van der Waals surface area contributed by atoms with Crippen LogP contribution in [-0.4, -0.2) is 44.4 Å². The van der Waals surface area contributed by atoms with E-state index in [4.69, 9.17) is 0 Å². The Labute approximate surface area is 169 Å². The van der Waals surface area contributed by atoms with Gasteiger partial charge < -0.3 is 10.2 Å². The highest BCUT2D eigenvalue weighted by molar-refractivity contribution is 5.92. The van der Waals surface area contributed by atoms with Crippen molar-refractivity contribution in [2.24, 2.45) is 13.0 Å². The Morgan fingerprint density at radius 3 is 2.69 bits per heavy atom. The number of nitrogens with one attached hydrogen (secondary N) is 1. The minimum atomic E-state index is -0.0599. The van der Waals surface area contributed by atoms with Crippen LogP contribution >= 0.6 is 0 Å². The smallest absolute Gasteiger partial charge is 0.223 e. The molecule has 8 nitrogen and oxygen atoms in total. The second-order valence-electron chi connectivity index (χ2n) is 7.56. The summed E-state index contributed by atoms with van der Waals surface area (Å²) in [6.07, 6.45) is 0.445. The van der Waals surface area contributed by atoms with Crippen LogP contribution in [0.5, 0.6) is 0 Å². The molecule has 3 heterocycles. The van der Waals surface area contributed by atoms with Crippen molar-refractivity contribution >= 4 is 22.5 Å². The Kier molecular flexibility index (Phi) is 4.66. The lowest BCUT2D eigenvalue weighted by Crippen LogP contribution is -2.27. The number of hydrogen-bond donors (Lipinski definition) is 1. The zero-order valence-electron chi connectivity index (χ0n) is 17.0. The van der Waals surface area contributed by atoms with Gasteiger partial charge in [-0.3, -0.25) is 9.48 Å². The summed E-state index contributed by atoms with van der Waals surface area (Å²) in [5, 5.41) is 26.4. The van der Waals surface area contributed by atoms with Gasteiger partial charge in [-0.1, -0.05) is 18.2 Å². The van der Waals surface area contributed by atoms with E-state index in [2.05, 4.69) is 26.7 Å². The molecule has 2 aromatic heterocycles. The predicted octanol–water partition coefficient (Wildman–Crippen LogP) is 2.48. The van der Waals surface area contributed by atoms with Crippen molar-refractivity contribution < 1.29 is 4.79 Å². The van der Waals surface area contributed by atoms with Gasteiger partial charge >= 0.3 is 0 Å². The number of aryl methyl sites for hydroxylation is 2. The second kappa shape index (κ2) is 7.17. The maximum atomic E-state index is 12.5. The Bertz CT molecular complexity index is 1140. The fourth-order valence-corrected chi connectivity index (χ4v) is 4.33. The first kappa shape index (κ1) is 18.9. The van der Waals surface area contributed by atoms with Gasteiger partial charge in [-0.05, 0) is 19.9 Å². The Balaban J connectivity index is 1.68. The minimum Gasteiger partial charge on any atom is -0.382 e. The van der Waals surface area contributed by atoms with Crippen LogP contribution < -0.4 is 5.32 Å². The third kappa shape index (κ3) is 3.09. The summed E-state index contributed by atoms with van der Waals surface area (Å²) in [6.45, 7) is 4.56. The van der Waals surface area contributed by atoms with Crippen molar-refractivity contribution in [3.8, 4) is 6.07 Å². The normalized spacial score (nSPS) is 19.0. The quantitative estimate of drug-likeness (QED) is 0.736. The minimum absolute atomic E-state index is 0.0487. The van der Waals surface area contributed by atoms with Gasteiger partial charge in [-0.15, -0.1) is 10.2 Å². The average Bonchev–Trinajstić information content (AvgIpc) is 3.13. The lowest BCUT2D eigenvalue weighted by Gasteiger charge is -2.26. The van der Waals surface area contributed by atoms with E-state index in [1.54, 1.807) is 0 Å². The summed E-state index contributed by atoms with van der Waals surface area (Å²) in [5.74, 6) is 0.162. The summed E-state index contributed by atoms with van der Waals surface area (Å²) >= 11 is 0. The summed E-state index contributed by atoms with van der Waals surface area (Å²) in [4.78, 5) is 14.4. The first-order chi connectivity index (χ1) is 13.9. The van der Waals surface area contributed by atoms with Crippen molar-refractivity contribution in [1.82, 2.24) is 24.9 Å². The zero-order chi connectivity index (χ0) is 20.7. The van der Waals surface area contributed by atoms with Gasteiger partial charge in [0.1, 0.15) is 6.07 Å². The van der Waals surface area contributed by atoms with Crippen LogP contribution in [0.4, 0.5) is 5.69 Å². The summed E-state index contributed by atoms with van der Waals surface area (Å²) in [5.41, 5.74) is 4.75. The van der Waals surface area contributed by atoms with Crippen LogP contribution in [0.2, 0.25) is 0 Å². The molecule has 3 aromatic rings. The number of anilines is 1. The summed E-state index contributed by atoms with van der Waals surface area (Å²) in [6, 6.07) is 9.65. The molecule has 0 spiro atoms. The molecule has 4 rings (SSSR count). The van der Waals surface area contributed by atoms with E-state index in [1.807, 2.05) is 61.8 Å². The number of nitrogens with zero attached hydrogens (tertiary/aromatic N) is 6. The zero-order valence-corrected chi connectivity index (χ0v) is 17.0. The Morgan fingerprint density at radius 1 is 1.24 bits per heavy atom. The van der Waals surface area contributed by atoms with E-state index >= 15 is 0 Å². The van der Waals surface area contributed by atoms with Gasteiger partial charge in [-0.25, -0.2) is 0 Å². The van der Waals surface area contributed by atoms with E-state index in [0.717, 1.165) is 27.9 Å². The molecule has 1 fully saturated rings. The molecule has 1 amide bonds. The van der Waals surface area contributed by atoms with E-state index in [-0.39, 0.29) is 23.6 Å². The van der Waals surface area contributed by atoms with Crippen LogP contribution in [0, 0.1) is 31.1 Å². The van der Waals surface area contributed by atoms with Gasteiger partial charge in [-0.2, -0.15) is 10.4 Å². The van der Waals surface area contributed by atoms with E-state index < -0.39 is 0 Å². The fourth-order valence-electron chi connectivity index (χ4n) is 4.33. The first-order valence-electron chi connectivity index (χ1n) is 9.57. The van der Waals surface area contributed by atoms with Crippen LogP contribution in [0.25, 0.3) is 10.9 Å². The average molecular weight is 389 g/mol. The van der Waals surface area contributed by atoms with E-state index in [0.29, 0.717) is 18.7 Å². The van der Waals surface area contributed by atoms with Crippen LogP contribution in [0.1, 0.15) is 35.1 Å². The SMILES string of the molecule is Cc1nn(C)c(C)c1[C@H]1[C@H](CNc2c(C#N)nnc3ccccc23)CC(=O)N1C. The monoisotopic (exact) mass is 389 g/mol. The molecule has 29 heavy (non-hydrogen) atoms. The second-order valence-corrected chi connectivity index (χ2v) is 7.56. The molecule has 1 aromatic carbocycles. The number of carbonyl (C=O) groups is 1. The molecule has 0 unspecified atom stereocenters. The standard InChI is InChI=1S/C21H23N7O/c1-12-19(13(2)28(4)26-12)21-14(9-18(29)27(21)3)11-23-20-15-7-5-6-8-16(15)24-25-17(20)10-22/h5-8,14,21H,9,11H2,1-4H3,(H,23,24)/t14-,21+/m0/s1. The third-order valence-electron chi connectivity index (χ3n) is 5.87. The predicted molar refractivity (Wildman–Crippen MR) is 109 cm³/mol. The lowest BCUT2D eigenvalue weighted by atomic mass is 9.92. The van der Waals surface area contributed by atoms with Crippen molar-refractivity contribution in [1.29, 1.82) is 5.26 Å². The van der Waals surface area contributed by atoms with E-state index in [9.17, 15) is 10.1 Å². The molecular weight excluding hydrogens is 366 g/mol. The summed E-state index contributed by atoms with van der Waals surface area (Å²) < 4.78 is 1.86. The number of benzene rings is 1. The number of aromatic nitrogens is 4. The molecule has 1 aliphatic rings. The molecule has 0 aliphatic carbocycles. The largest absolute Gasteiger partial charge is 0.382 e. The molecule has 8 heteroatoms. The molecule has 0 radical (unpaired) electrons. The van der Waals surface area contributed by atoms with Crippen LogP contribution in [0.3, 0.4) is 0 Å². The number of carbonyl (C=O) groups excluding carboxylic acids is 1. The number of fused-ring (bicyclic) bond motifs is 1. The number of amides is 1. The molecular formula is C21H23N7O. The van der Waals surface area contributed by atoms with Gasteiger partial charge in [0.2, 0.25) is 5.91 Å². The Morgan fingerprint density at radius 2 is 2.00 bits per heavy atom. The lowest BCUT2D eigenvalue weighted by molar-refractivity contribution is -0.127. The van der Waals surface area contributed by atoms with Crippen molar-refractivity contribution in [2.45, 2.75) is 26.3 Å². The molecule has 0 bridgehead atoms. The van der Waals surface area contributed by atoms with Crippen molar-refractivity contribution in [3.63, 3.8) is 0 Å². The van der Waals surface area contributed by atoms with Gasteiger partial charge in [0.25, 0.3) is 0 Å². The highest BCUT2D eigenvalue weighted by atomic mass is 16.2. The van der Waals surface area contributed by atoms with Crippen molar-refractivity contribution in [3.05, 3.63) is 46.9 Å². The first-order valence-corrected chi connectivity index (χ1v) is 9.57. The number of hydrogen-bond acceptors (Lipinski definition) is 6. The summed E-state index contributed by atoms with van der Waals surface area (Å²) in [7, 11) is 3.77. The van der Waals surface area contributed by atoms with Crippen LogP contribution in [0.15, 0.2) is 24.3 Å². The van der Waals surface area contributed by atoms with Crippen molar-refractivity contribution in [2.75, 3.05) is 18.9 Å². The highest BCUT2D eigenvalue weighted by Gasteiger charge is 2.41. The topological polar surface area (TPSA) is 99.7 Å². The highest BCUT2D eigenvalue weighted by Crippen LogP contribution is 2.40. The molecule has 1 N–H and O–H groups in total. The molecule has 0 saturated carbocycles. The van der Waals surface area contributed by atoms with Crippen LogP contribution in [-0.2, 0) is 11.8 Å². The van der Waals surface area contributed by atoms with Gasteiger partial charge in [0, 0.05) is 49.6 Å². The molecule has 1 aliphatic heterocycles. The molecule has 148 valence electrons. The fraction of sp³-hybridized carbons (Fsp3) is 0.381. The van der Waals surface area contributed by atoms with Gasteiger partial charge in [0.15, 0.2) is 5.69 Å². The Hall–Kier alpha value is -3.47. The molecule has 2 atom stereocenters. The molecule has 1 saturated heterocycles. The number of nitriles is 1.